The number of aromatic nitrogens is 3. The zero-order chi connectivity index (χ0) is 25.1. The fourth-order valence-electron chi connectivity index (χ4n) is 5.59. The van der Waals surface area contributed by atoms with Gasteiger partial charge in [-0.25, -0.2) is 13.8 Å². The Hall–Kier alpha value is -2.39. The topological polar surface area (TPSA) is 60.2 Å². The summed E-state index contributed by atoms with van der Waals surface area (Å²) < 4.78 is 31.7. The van der Waals surface area contributed by atoms with E-state index < -0.39 is 13.0 Å². The zero-order valence-electron chi connectivity index (χ0n) is 20.8. The second-order valence-electron chi connectivity index (χ2n) is 10.3. The molecule has 0 unspecified atom stereocenters. The second-order valence-corrected chi connectivity index (χ2v) is 11.3. The van der Waals surface area contributed by atoms with Crippen molar-refractivity contribution in [2.45, 2.75) is 57.8 Å². The van der Waals surface area contributed by atoms with Gasteiger partial charge in [0.15, 0.2) is 12.4 Å². The van der Waals surface area contributed by atoms with Crippen LogP contribution in [0.3, 0.4) is 0 Å². The molecule has 0 spiro atoms. The lowest BCUT2D eigenvalue weighted by molar-refractivity contribution is 0.0816. The largest absolute Gasteiger partial charge is 0.464 e. The maximum atomic E-state index is 12.9. The first-order valence-corrected chi connectivity index (χ1v) is 13.8. The molecular formula is C27H34F2N4O2S. The average Bonchev–Trinajstić information content (AvgIpc) is 3.38. The van der Waals surface area contributed by atoms with Crippen molar-refractivity contribution >= 4 is 28.0 Å². The van der Waals surface area contributed by atoms with Crippen LogP contribution in [0.2, 0.25) is 0 Å². The van der Waals surface area contributed by atoms with Gasteiger partial charge in [-0.15, -0.1) is 0 Å². The number of carbonyl (C=O) groups excluding carboxylic acids is 1. The van der Waals surface area contributed by atoms with Crippen LogP contribution < -0.4 is 4.74 Å². The van der Waals surface area contributed by atoms with E-state index in [0.717, 1.165) is 73.4 Å². The first-order chi connectivity index (χ1) is 17.4. The zero-order valence-corrected chi connectivity index (χ0v) is 21.6. The van der Waals surface area contributed by atoms with Crippen molar-refractivity contribution in [3.05, 3.63) is 40.5 Å². The van der Waals surface area contributed by atoms with Gasteiger partial charge in [0.1, 0.15) is 0 Å². The van der Waals surface area contributed by atoms with Gasteiger partial charge in [0.05, 0.1) is 11.2 Å². The molecule has 0 atom stereocenters. The number of hydrogen-bond acceptors (Lipinski definition) is 6. The van der Waals surface area contributed by atoms with Crippen molar-refractivity contribution in [3.63, 3.8) is 0 Å². The van der Waals surface area contributed by atoms with Crippen LogP contribution in [-0.4, -0.2) is 58.1 Å². The molecule has 0 amide bonds. The molecule has 0 N–H and O–H groups in total. The van der Waals surface area contributed by atoms with E-state index in [2.05, 4.69) is 15.0 Å². The molecular weight excluding hydrogens is 482 g/mol. The van der Waals surface area contributed by atoms with E-state index in [0.29, 0.717) is 17.5 Å². The fraction of sp³-hybridized carbons (Fsp3) is 0.593. The van der Waals surface area contributed by atoms with E-state index >= 15 is 0 Å². The van der Waals surface area contributed by atoms with Gasteiger partial charge in [-0.1, -0.05) is 36.3 Å². The highest BCUT2D eigenvalue weighted by Gasteiger charge is 2.25. The molecule has 1 fully saturated rings. The molecule has 6 nitrogen and oxygen atoms in total. The normalized spacial score (nSPS) is 21.0. The van der Waals surface area contributed by atoms with Gasteiger partial charge in [0.2, 0.25) is 0 Å². The van der Waals surface area contributed by atoms with Crippen LogP contribution in [0.4, 0.5) is 8.78 Å². The number of fused-ring (bicyclic) bond motifs is 2. The van der Waals surface area contributed by atoms with Crippen molar-refractivity contribution < 1.29 is 18.3 Å². The summed E-state index contributed by atoms with van der Waals surface area (Å²) in [5.74, 6) is 1.44. The lowest BCUT2D eigenvalue weighted by Gasteiger charge is -2.30. The summed E-state index contributed by atoms with van der Waals surface area (Å²) in [7, 11) is 1.90. The van der Waals surface area contributed by atoms with E-state index in [4.69, 9.17) is 4.74 Å². The minimum Gasteiger partial charge on any atom is -0.464 e. The van der Waals surface area contributed by atoms with Gasteiger partial charge in [-0.3, -0.25) is 9.48 Å². The number of alkyl halides is 2. The van der Waals surface area contributed by atoms with Crippen molar-refractivity contribution in [3.8, 4) is 5.19 Å². The molecule has 1 aliphatic carbocycles. The van der Waals surface area contributed by atoms with Gasteiger partial charge < -0.3 is 9.64 Å². The summed E-state index contributed by atoms with van der Waals surface area (Å²) in [6.07, 6.45) is 7.74. The van der Waals surface area contributed by atoms with Gasteiger partial charge in [-0.2, -0.15) is 5.10 Å². The van der Waals surface area contributed by atoms with Crippen LogP contribution in [-0.2, 0) is 19.9 Å². The maximum absolute atomic E-state index is 12.9. The first-order valence-electron chi connectivity index (χ1n) is 13.0. The standard InChI is InChI=1S/C27H34F2N4O2S/c1-32-16-21-7-6-20(15-23(21)31-32)24(34)14-19-4-2-18(3-5-19)8-11-33-12-9-22-25(10-13-33)36-27(30-22)35-17-26(28)29/h6-7,15-16,18-19,26H,2-5,8-14,17H2,1H3. The molecule has 2 aromatic heterocycles. The molecule has 3 aromatic rings. The molecule has 1 aliphatic heterocycles. The third-order valence-corrected chi connectivity index (χ3v) is 8.72. The third kappa shape index (κ3) is 6.29. The molecule has 1 aromatic carbocycles. The molecule has 36 heavy (non-hydrogen) atoms. The highest BCUT2D eigenvalue weighted by atomic mass is 32.1. The number of halogens is 2. The summed E-state index contributed by atoms with van der Waals surface area (Å²) in [4.78, 5) is 21.0. The minimum absolute atomic E-state index is 0.236. The second kappa shape index (κ2) is 11.3. The minimum atomic E-state index is -2.47. The highest BCUT2D eigenvalue weighted by molar-refractivity contribution is 7.13. The Morgan fingerprint density at radius 1 is 1.17 bits per heavy atom. The lowest BCUT2D eigenvalue weighted by atomic mass is 9.78. The smallest absolute Gasteiger partial charge is 0.273 e. The van der Waals surface area contributed by atoms with Crippen LogP contribution in [0.1, 0.15) is 59.5 Å². The van der Waals surface area contributed by atoms with E-state index in [1.54, 1.807) is 4.68 Å². The van der Waals surface area contributed by atoms with Crippen LogP contribution in [0.15, 0.2) is 24.4 Å². The number of carbonyl (C=O) groups is 1. The third-order valence-electron chi connectivity index (χ3n) is 7.65. The lowest BCUT2D eigenvalue weighted by Crippen LogP contribution is -2.29. The fourth-order valence-corrected chi connectivity index (χ4v) is 6.54. The Labute approximate surface area is 214 Å². The SMILES string of the molecule is Cn1cc2ccc(C(=O)CC3CCC(CCN4CCc5nc(OCC(F)F)sc5CC4)CC3)cc2n1. The monoisotopic (exact) mass is 516 g/mol. The quantitative estimate of drug-likeness (QED) is 0.349. The Balaban J connectivity index is 1.03. The van der Waals surface area contributed by atoms with Gasteiger partial charge in [0.25, 0.3) is 11.6 Å². The number of nitrogens with zero attached hydrogens (tertiary/aromatic N) is 4. The number of Topliss-reactive ketones (excluding diaryl/α,β-unsaturated/α-hetero) is 1. The Morgan fingerprint density at radius 3 is 2.75 bits per heavy atom. The van der Waals surface area contributed by atoms with Crippen LogP contribution >= 0.6 is 11.3 Å². The van der Waals surface area contributed by atoms with Crippen molar-refractivity contribution in [1.82, 2.24) is 19.7 Å². The van der Waals surface area contributed by atoms with E-state index in [-0.39, 0.29) is 5.78 Å². The molecule has 5 rings (SSSR count). The van der Waals surface area contributed by atoms with Crippen LogP contribution in [0.25, 0.3) is 10.9 Å². The Morgan fingerprint density at radius 2 is 1.94 bits per heavy atom. The number of hydrogen-bond donors (Lipinski definition) is 0. The molecule has 9 heteroatoms. The van der Waals surface area contributed by atoms with E-state index in [1.165, 1.54) is 35.5 Å². The Bertz CT molecular complexity index is 1160. The highest BCUT2D eigenvalue weighted by Crippen LogP contribution is 2.34. The van der Waals surface area contributed by atoms with Gasteiger partial charge in [0, 0.05) is 55.0 Å². The number of rotatable bonds is 9. The van der Waals surface area contributed by atoms with Crippen LogP contribution in [0.5, 0.6) is 5.19 Å². The first kappa shape index (κ1) is 25.3. The predicted octanol–water partition coefficient (Wildman–Crippen LogP) is 5.54. The molecule has 194 valence electrons. The van der Waals surface area contributed by atoms with E-state index in [9.17, 15) is 13.6 Å². The summed E-state index contributed by atoms with van der Waals surface area (Å²) in [5.41, 5.74) is 2.67. The number of ether oxygens (including phenoxy) is 1. The number of thiazole rings is 1. The predicted molar refractivity (Wildman–Crippen MR) is 137 cm³/mol. The summed E-state index contributed by atoms with van der Waals surface area (Å²) in [5, 5.41) is 5.87. The van der Waals surface area contributed by atoms with Crippen molar-refractivity contribution in [2.24, 2.45) is 18.9 Å². The Kier molecular flexibility index (Phi) is 7.96. The van der Waals surface area contributed by atoms with Gasteiger partial charge >= 0.3 is 0 Å². The number of benzene rings is 1. The average molecular weight is 517 g/mol. The maximum Gasteiger partial charge on any atom is 0.273 e. The van der Waals surface area contributed by atoms with Crippen LogP contribution in [0, 0.1) is 11.8 Å². The summed E-state index contributed by atoms with van der Waals surface area (Å²) >= 11 is 1.42. The molecule has 3 heterocycles. The summed E-state index contributed by atoms with van der Waals surface area (Å²) in [6, 6.07) is 5.85. The number of ketones is 1. The van der Waals surface area contributed by atoms with Gasteiger partial charge in [-0.05, 0) is 50.1 Å². The van der Waals surface area contributed by atoms with Crippen molar-refractivity contribution in [2.75, 3.05) is 26.2 Å². The molecule has 0 radical (unpaired) electrons. The molecule has 1 saturated carbocycles. The molecule has 0 bridgehead atoms. The summed E-state index contributed by atoms with van der Waals surface area (Å²) in [6.45, 7) is 2.43. The molecule has 2 aliphatic rings. The molecule has 0 saturated heterocycles. The van der Waals surface area contributed by atoms with Crippen molar-refractivity contribution in [1.29, 1.82) is 0 Å². The van der Waals surface area contributed by atoms with E-state index in [1.807, 2.05) is 31.4 Å². The number of aryl methyl sites for hydroxylation is 1.